The van der Waals surface area contributed by atoms with Crippen LogP contribution >= 0.6 is 0 Å². The summed E-state index contributed by atoms with van der Waals surface area (Å²) in [6, 6.07) is 6.74. The molecule has 1 aliphatic carbocycles. The van der Waals surface area contributed by atoms with E-state index in [1.807, 2.05) is 0 Å². The molecule has 0 fully saturated rings. The Hall–Kier alpha value is -2.43. The summed E-state index contributed by atoms with van der Waals surface area (Å²) >= 11 is 0. The molecule has 2 amide bonds. The Morgan fingerprint density at radius 2 is 1.18 bits per heavy atom. The fraction of sp³-hybridized carbons (Fsp3) is 0.607. The second-order valence-electron chi connectivity index (χ2n) is 9.41. The van der Waals surface area contributed by atoms with E-state index in [2.05, 4.69) is 16.8 Å². The van der Waals surface area contributed by atoms with E-state index in [0.29, 0.717) is 11.1 Å². The number of carbonyl (C=O) groups excluding carboxylic acids is 2. The second kappa shape index (κ2) is 14.7. The molecule has 2 heterocycles. The van der Waals surface area contributed by atoms with Crippen LogP contribution in [-0.4, -0.2) is 24.1 Å². The van der Waals surface area contributed by atoms with Crippen LogP contribution in [0.2, 0.25) is 0 Å². The van der Waals surface area contributed by atoms with Crippen LogP contribution in [0.3, 0.4) is 0 Å². The number of fused-ring (bicyclic) bond motifs is 1. The van der Waals surface area contributed by atoms with Crippen LogP contribution in [0.5, 0.6) is 0 Å². The molecular formula is C28H41N3O2. The third-order valence-electron chi connectivity index (χ3n) is 6.72. The van der Waals surface area contributed by atoms with Crippen molar-refractivity contribution in [3.63, 3.8) is 0 Å². The SMILES string of the molecule is C1=C(C2=NNCCCCCCCC2)CCCCCCCCC1.O=C1NC(=O)c2ccccc21. The predicted octanol–water partition coefficient (Wildman–Crippen LogP) is 6.70. The maximum absolute atomic E-state index is 10.9. The van der Waals surface area contributed by atoms with E-state index in [0.717, 1.165) is 6.54 Å². The first-order valence-corrected chi connectivity index (χ1v) is 13.2. The minimum Gasteiger partial charge on any atom is -0.310 e. The van der Waals surface area contributed by atoms with E-state index in [4.69, 9.17) is 5.10 Å². The Morgan fingerprint density at radius 1 is 0.636 bits per heavy atom. The lowest BCUT2D eigenvalue weighted by molar-refractivity contribution is 0.0879. The van der Waals surface area contributed by atoms with E-state index in [-0.39, 0.29) is 11.8 Å². The van der Waals surface area contributed by atoms with E-state index in [9.17, 15) is 9.59 Å². The van der Waals surface area contributed by atoms with Crippen molar-refractivity contribution in [2.45, 2.75) is 103 Å². The summed E-state index contributed by atoms with van der Waals surface area (Å²) in [5, 5.41) is 7.00. The van der Waals surface area contributed by atoms with Crippen molar-refractivity contribution in [3.8, 4) is 0 Å². The van der Waals surface area contributed by atoms with Gasteiger partial charge in [0.1, 0.15) is 0 Å². The maximum atomic E-state index is 10.9. The van der Waals surface area contributed by atoms with E-state index in [1.165, 1.54) is 108 Å². The van der Waals surface area contributed by atoms with Gasteiger partial charge >= 0.3 is 0 Å². The van der Waals surface area contributed by atoms with Crippen molar-refractivity contribution in [1.29, 1.82) is 0 Å². The number of amides is 2. The van der Waals surface area contributed by atoms with Gasteiger partial charge in [0.2, 0.25) is 0 Å². The summed E-state index contributed by atoms with van der Waals surface area (Å²) < 4.78 is 0. The number of hydrogen-bond donors (Lipinski definition) is 2. The smallest absolute Gasteiger partial charge is 0.258 e. The summed E-state index contributed by atoms with van der Waals surface area (Å²) in [6.07, 6.45) is 24.2. The Kier molecular flexibility index (Phi) is 11.2. The van der Waals surface area contributed by atoms with Crippen LogP contribution in [0.4, 0.5) is 0 Å². The molecule has 1 aromatic rings. The molecule has 2 aliphatic heterocycles. The number of nitrogens with zero attached hydrogens (tertiary/aromatic N) is 1. The molecule has 0 bridgehead atoms. The first-order chi connectivity index (χ1) is 16.3. The van der Waals surface area contributed by atoms with Gasteiger partial charge in [-0.1, -0.05) is 76.0 Å². The summed E-state index contributed by atoms with van der Waals surface area (Å²) in [5.74, 6) is -0.601. The summed E-state index contributed by atoms with van der Waals surface area (Å²) in [4.78, 5) is 21.9. The topological polar surface area (TPSA) is 70.6 Å². The molecule has 33 heavy (non-hydrogen) atoms. The Balaban J connectivity index is 0.000000231. The van der Waals surface area contributed by atoms with Crippen LogP contribution < -0.4 is 10.7 Å². The normalized spacial score (nSPS) is 20.8. The third kappa shape index (κ3) is 8.79. The van der Waals surface area contributed by atoms with Gasteiger partial charge in [-0.2, -0.15) is 5.10 Å². The maximum Gasteiger partial charge on any atom is 0.258 e. The molecular weight excluding hydrogens is 410 g/mol. The zero-order valence-corrected chi connectivity index (χ0v) is 20.2. The fourth-order valence-electron chi connectivity index (χ4n) is 4.74. The van der Waals surface area contributed by atoms with Crippen molar-refractivity contribution >= 4 is 17.5 Å². The number of benzene rings is 1. The highest BCUT2D eigenvalue weighted by Crippen LogP contribution is 2.21. The molecule has 3 aliphatic rings. The molecule has 0 saturated heterocycles. The summed E-state index contributed by atoms with van der Waals surface area (Å²) in [5.41, 5.74) is 7.23. The van der Waals surface area contributed by atoms with Gasteiger partial charge in [-0.05, 0) is 62.7 Å². The lowest BCUT2D eigenvalue weighted by atomic mass is 9.97. The molecule has 1 aromatic carbocycles. The molecule has 5 nitrogen and oxygen atoms in total. The van der Waals surface area contributed by atoms with Gasteiger partial charge in [0, 0.05) is 6.54 Å². The Bertz CT molecular complexity index is 761. The molecule has 4 rings (SSSR count). The highest BCUT2D eigenvalue weighted by atomic mass is 16.2. The van der Waals surface area contributed by atoms with Gasteiger partial charge < -0.3 is 5.43 Å². The molecule has 0 spiro atoms. The van der Waals surface area contributed by atoms with Crippen molar-refractivity contribution < 1.29 is 9.59 Å². The Morgan fingerprint density at radius 3 is 1.85 bits per heavy atom. The number of hydrazone groups is 1. The second-order valence-corrected chi connectivity index (χ2v) is 9.41. The molecule has 0 saturated carbocycles. The first-order valence-electron chi connectivity index (χ1n) is 13.2. The van der Waals surface area contributed by atoms with Gasteiger partial charge in [-0.3, -0.25) is 14.9 Å². The molecule has 0 radical (unpaired) electrons. The largest absolute Gasteiger partial charge is 0.310 e. The molecule has 2 N–H and O–H groups in total. The van der Waals surface area contributed by atoms with Crippen LogP contribution in [0, 0.1) is 0 Å². The van der Waals surface area contributed by atoms with Crippen molar-refractivity contribution in [3.05, 3.63) is 47.0 Å². The van der Waals surface area contributed by atoms with Crippen molar-refractivity contribution in [1.82, 2.24) is 10.7 Å². The highest BCUT2D eigenvalue weighted by molar-refractivity contribution is 6.21. The zero-order chi connectivity index (χ0) is 23.1. The zero-order valence-electron chi connectivity index (χ0n) is 20.2. The minimum atomic E-state index is -0.300. The average Bonchev–Trinajstić information content (AvgIpc) is 3.07. The number of rotatable bonds is 1. The van der Waals surface area contributed by atoms with E-state index < -0.39 is 0 Å². The first kappa shape index (κ1) is 25.2. The van der Waals surface area contributed by atoms with Gasteiger partial charge in [-0.25, -0.2) is 0 Å². The lowest BCUT2D eigenvalue weighted by Crippen LogP contribution is -2.19. The lowest BCUT2D eigenvalue weighted by Gasteiger charge is -2.12. The summed E-state index contributed by atoms with van der Waals surface area (Å²) in [7, 11) is 0. The number of allylic oxidation sites excluding steroid dienone is 2. The van der Waals surface area contributed by atoms with E-state index in [1.54, 1.807) is 29.8 Å². The standard InChI is InChI=1S/C20H36N2.C8H5NO2/c1-2-4-8-12-16-19(15-11-7-3-1)20-17-13-9-5-6-10-14-18-21-22-20;10-7-5-3-1-2-4-6(5)8(11)9-7/h15,21H,1-14,16-18H2;1-4H,(H,9,10,11). The molecule has 180 valence electrons. The number of hydrogen-bond acceptors (Lipinski definition) is 4. The number of imide groups is 1. The van der Waals surface area contributed by atoms with Gasteiger partial charge in [-0.15, -0.1) is 0 Å². The van der Waals surface area contributed by atoms with Crippen LogP contribution in [0.15, 0.2) is 41.0 Å². The number of nitrogens with one attached hydrogen (secondary N) is 2. The molecule has 0 unspecified atom stereocenters. The average molecular weight is 452 g/mol. The molecule has 0 atom stereocenters. The molecule has 5 heteroatoms. The third-order valence-corrected chi connectivity index (χ3v) is 6.72. The number of carbonyl (C=O) groups is 2. The predicted molar refractivity (Wildman–Crippen MR) is 136 cm³/mol. The fourth-order valence-corrected chi connectivity index (χ4v) is 4.74. The van der Waals surface area contributed by atoms with Crippen LogP contribution in [-0.2, 0) is 0 Å². The van der Waals surface area contributed by atoms with Crippen molar-refractivity contribution in [2.24, 2.45) is 5.10 Å². The Labute approximate surface area is 199 Å². The monoisotopic (exact) mass is 451 g/mol. The van der Waals surface area contributed by atoms with Crippen LogP contribution in [0.25, 0.3) is 0 Å². The van der Waals surface area contributed by atoms with Gasteiger partial charge in [0.15, 0.2) is 0 Å². The van der Waals surface area contributed by atoms with Gasteiger partial charge in [0.05, 0.1) is 16.8 Å². The quantitative estimate of drug-likeness (QED) is 0.467. The highest BCUT2D eigenvalue weighted by Gasteiger charge is 2.25. The van der Waals surface area contributed by atoms with Gasteiger partial charge in [0.25, 0.3) is 11.8 Å². The summed E-state index contributed by atoms with van der Waals surface area (Å²) in [6.45, 7) is 1.05. The van der Waals surface area contributed by atoms with Crippen molar-refractivity contribution in [2.75, 3.05) is 6.54 Å². The minimum absolute atomic E-state index is 0.300. The van der Waals surface area contributed by atoms with E-state index >= 15 is 0 Å². The van der Waals surface area contributed by atoms with Crippen LogP contribution in [0.1, 0.15) is 123 Å². The molecule has 0 aromatic heterocycles.